The van der Waals surface area contributed by atoms with Gasteiger partial charge in [-0.25, -0.2) is 0 Å². The summed E-state index contributed by atoms with van der Waals surface area (Å²) < 4.78 is 0. The number of benzene rings is 2. The minimum Gasteiger partial charge on any atom is -0.329 e. The van der Waals surface area contributed by atoms with E-state index in [1.54, 1.807) is 37.4 Å². The summed E-state index contributed by atoms with van der Waals surface area (Å²) >= 11 is 6.21. The molecule has 0 spiro atoms. The summed E-state index contributed by atoms with van der Waals surface area (Å²) in [5, 5.41) is 4.16. The van der Waals surface area contributed by atoms with Gasteiger partial charge in [0.25, 0.3) is 5.56 Å². The first-order valence-electron chi connectivity index (χ1n) is 7.36. The Kier molecular flexibility index (Phi) is 4.13. The van der Waals surface area contributed by atoms with Crippen molar-refractivity contribution in [1.29, 1.82) is 0 Å². The Bertz CT molecular complexity index is 965. The van der Waals surface area contributed by atoms with Crippen molar-refractivity contribution >= 4 is 34.0 Å². The van der Waals surface area contributed by atoms with Crippen LogP contribution in [0, 0.1) is 0 Å². The molecule has 5 nitrogen and oxygen atoms in total. The molecule has 122 valence electrons. The van der Waals surface area contributed by atoms with Crippen LogP contribution in [0.5, 0.6) is 0 Å². The summed E-state index contributed by atoms with van der Waals surface area (Å²) in [6.07, 6.45) is 1.54. The van der Waals surface area contributed by atoms with Gasteiger partial charge in [0.1, 0.15) is 5.54 Å². The zero-order valence-corrected chi connectivity index (χ0v) is 13.7. The second kappa shape index (κ2) is 6.11. The van der Waals surface area contributed by atoms with Gasteiger partial charge < -0.3 is 16.0 Å². The molecule has 0 aliphatic carbocycles. The summed E-state index contributed by atoms with van der Waals surface area (Å²) in [7, 11) is 0. The number of carbonyl (C=O) groups is 1. The molecule has 1 aromatic heterocycles. The fourth-order valence-corrected chi connectivity index (χ4v) is 2.68. The van der Waals surface area contributed by atoms with Crippen molar-refractivity contribution in [3.8, 4) is 0 Å². The van der Waals surface area contributed by atoms with E-state index in [-0.39, 0.29) is 16.5 Å². The van der Waals surface area contributed by atoms with E-state index in [0.29, 0.717) is 22.0 Å². The molecule has 2 aromatic carbocycles. The van der Waals surface area contributed by atoms with Crippen molar-refractivity contribution in [2.45, 2.75) is 12.5 Å². The molecule has 0 fully saturated rings. The number of carbonyl (C=O) groups excluding carboxylic acids is 1. The monoisotopic (exact) mass is 341 g/mol. The van der Waals surface area contributed by atoms with Crippen LogP contribution in [0.1, 0.15) is 12.5 Å². The van der Waals surface area contributed by atoms with Crippen LogP contribution in [0.3, 0.4) is 0 Å². The van der Waals surface area contributed by atoms with Gasteiger partial charge in [0.05, 0.1) is 10.7 Å². The van der Waals surface area contributed by atoms with E-state index in [1.165, 1.54) is 6.07 Å². The van der Waals surface area contributed by atoms with Crippen molar-refractivity contribution in [1.82, 2.24) is 4.98 Å². The number of hydrogen-bond acceptors (Lipinski definition) is 3. The van der Waals surface area contributed by atoms with Gasteiger partial charge in [-0.2, -0.15) is 0 Å². The number of amides is 1. The molecule has 0 radical (unpaired) electrons. The average Bonchev–Trinajstić information content (AvgIpc) is 2.57. The Labute approximate surface area is 143 Å². The third-order valence-electron chi connectivity index (χ3n) is 3.95. The smallest absolute Gasteiger partial charge is 0.255 e. The summed E-state index contributed by atoms with van der Waals surface area (Å²) in [4.78, 5) is 27.0. The van der Waals surface area contributed by atoms with Crippen LogP contribution in [0.15, 0.2) is 59.5 Å². The number of aromatic amines is 1. The molecular weight excluding hydrogens is 326 g/mol. The third kappa shape index (κ3) is 2.91. The van der Waals surface area contributed by atoms with Gasteiger partial charge in [-0.15, -0.1) is 0 Å². The average molecular weight is 342 g/mol. The number of nitrogens with two attached hydrogens (primary N) is 1. The summed E-state index contributed by atoms with van der Waals surface area (Å²) in [6.45, 7) is 1.64. The van der Waals surface area contributed by atoms with Gasteiger partial charge in [0.2, 0.25) is 5.91 Å². The maximum Gasteiger partial charge on any atom is 0.255 e. The van der Waals surface area contributed by atoms with Gasteiger partial charge >= 0.3 is 0 Å². The molecule has 4 N–H and O–H groups in total. The predicted octanol–water partition coefficient (Wildman–Crippen LogP) is 2.99. The molecule has 0 saturated heterocycles. The molecule has 0 aliphatic rings. The van der Waals surface area contributed by atoms with Crippen molar-refractivity contribution in [3.63, 3.8) is 0 Å². The molecule has 3 rings (SSSR count). The number of H-pyrrole nitrogens is 1. The molecule has 6 heteroatoms. The molecule has 0 bridgehead atoms. The van der Waals surface area contributed by atoms with E-state index >= 15 is 0 Å². The van der Waals surface area contributed by atoms with Crippen LogP contribution in [0.4, 0.5) is 5.69 Å². The third-order valence-corrected chi connectivity index (χ3v) is 4.27. The maximum atomic E-state index is 12.6. The number of fused-ring (bicyclic) bond motifs is 1. The molecule has 0 saturated carbocycles. The van der Waals surface area contributed by atoms with Crippen molar-refractivity contribution < 1.29 is 4.79 Å². The Morgan fingerprint density at radius 3 is 2.62 bits per heavy atom. The Morgan fingerprint density at radius 2 is 1.92 bits per heavy atom. The minimum atomic E-state index is -1.21. The predicted molar refractivity (Wildman–Crippen MR) is 96.2 cm³/mol. The fourth-order valence-electron chi connectivity index (χ4n) is 2.47. The van der Waals surface area contributed by atoms with Gasteiger partial charge in [-0.05, 0) is 36.1 Å². The summed E-state index contributed by atoms with van der Waals surface area (Å²) in [5.41, 5.74) is 5.86. The van der Waals surface area contributed by atoms with Crippen LogP contribution < -0.4 is 16.6 Å². The Balaban J connectivity index is 1.96. The lowest BCUT2D eigenvalue weighted by atomic mass is 9.92. The topological polar surface area (TPSA) is 88.0 Å². The second-order valence-electron chi connectivity index (χ2n) is 5.75. The van der Waals surface area contributed by atoms with E-state index in [2.05, 4.69) is 10.3 Å². The number of anilines is 1. The highest BCUT2D eigenvalue weighted by atomic mass is 35.5. The van der Waals surface area contributed by atoms with Crippen molar-refractivity contribution in [3.05, 3.63) is 75.7 Å². The normalized spacial score (nSPS) is 13.5. The molecule has 1 amide bonds. The van der Waals surface area contributed by atoms with Crippen LogP contribution in [-0.4, -0.2) is 10.9 Å². The van der Waals surface area contributed by atoms with E-state index in [9.17, 15) is 9.59 Å². The zero-order valence-electron chi connectivity index (χ0n) is 13.0. The number of rotatable bonds is 3. The van der Waals surface area contributed by atoms with Crippen LogP contribution in [0.25, 0.3) is 10.8 Å². The van der Waals surface area contributed by atoms with Crippen LogP contribution >= 0.6 is 11.6 Å². The minimum absolute atomic E-state index is 0.236. The highest BCUT2D eigenvalue weighted by molar-refractivity contribution is 6.34. The van der Waals surface area contributed by atoms with Gasteiger partial charge in [0.15, 0.2) is 0 Å². The van der Waals surface area contributed by atoms with Crippen molar-refractivity contribution in [2.24, 2.45) is 5.73 Å². The molecule has 1 atom stereocenters. The Morgan fingerprint density at radius 1 is 1.21 bits per heavy atom. The van der Waals surface area contributed by atoms with Gasteiger partial charge in [-0.3, -0.25) is 9.59 Å². The molecule has 24 heavy (non-hydrogen) atoms. The first-order chi connectivity index (χ1) is 11.4. The zero-order chi connectivity index (χ0) is 17.3. The van der Waals surface area contributed by atoms with Crippen LogP contribution in [0.2, 0.25) is 5.02 Å². The second-order valence-corrected chi connectivity index (χ2v) is 6.16. The standard InChI is InChI=1S/C18H16ClN3O2/c1-18(20,12-5-3-2-4-6-12)17(24)22-15-9-11-7-8-21-16(23)13(11)10-14(15)19/h2-10H,20H2,1H3,(H,21,23)(H,22,24). The van der Waals surface area contributed by atoms with E-state index in [1.807, 2.05) is 18.2 Å². The quantitative estimate of drug-likeness (QED) is 0.684. The molecule has 1 heterocycles. The van der Waals surface area contributed by atoms with E-state index in [0.717, 1.165) is 0 Å². The lowest BCUT2D eigenvalue weighted by Gasteiger charge is -2.24. The van der Waals surface area contributed by atoms with Crippen LogP contribution in [-0.2, 0) is 10.3 Å². The Hall–Kier alpha value is -2.63. The maximum absolute atomic E-state index is 12.6. The van der Waals surface area contributed by atoms with Crippen molar-refractivity contribution in [2.75, 3.05) is 5.32 Å². The number of halogens is 1. The fraction of sp³-hybridized carbons (Fsp3) is 0.111. The number of pyridine rings is 1. The van der Waals surface area contributed by atoms with E-state index in [4.69, 9.17) is 17.3 Å². The lowest BCUT2D eigenvalue weighted by Crippen LogP contribution is -2.45. The number of nitrogens with one attached hydrogen (secondary N) is 2. The van der Waals surface area contributed by atoms with E-state index < -0.39 is 5.54 Å². The summed E-state index contributed by atoms with van der Waals surface area (Å²) in [6, 6.07) is 14.0. The first kappa shape index (κ1) is 16.2. The number of aromatic nitrogens is 1. The molecular formula is C18H16ClN3O2. The highest BCUT2D eigenvalue weighted by Gasteiger charge is 2.30. The van der Waals surface area contributed by atoms with Gasteiger partial charge in [-0.1, -0.05) is 41.9 Å². The summed E-state index contributed by atoms with van der Waals surface area (Å²) in [5.74, 6) is -0.389. The highest BCUT2D eigenvalue weighted by Crippen LogP contribution is 2.28. The van der Waals surface area contributed by atoms with Gasteiger partial charge in [0, 0.05) is 11.6 Å². The molecule has 1 unspecified atom stereocenters. The molecule has 3 aromatic rings. The number of hydrogen-bond donors (Lipinski definition) is 3. The SMILES string of the molecule is CC(N)(C(=O)Nc1cc2cc[nH]c(=O)c2cc1Cl)c1ccccc1. The molecule has 0 aliphatic heterocycles. The lowest BCUT2D eigenvalue weighted by molar-refractivity contribution is -0.120. The largest absolute Gasteiger partial charge is 0.329 e. The first-order valence-corrected chi connectivity index (χ1v) is 7.74.